The predicted molar refractivity (Wildman–Crippen MR) is 111 cm³/mol. The summed E-state index contributed by atoms with van der Waals surface area (Å²) in [6.07, 6.45) is 1.28. The molecule has 0 heterocycles. The first kappa shape index (κ1) is 22.3. The lowest BCUT2D eigenvalue weighted by Gasteiger charge is -2.16. The molecule has 0 spiro atoms. The predicted octanol–water partition coefficient (Wildman–Crippen LogP) is 3.19. The zero-order valence-electron chi connectivity index (χ0n) is 17.2. The third-order valence-corrected chi connectivity index (χ3v) is 4.29. The molecule has 0 fully saturated rings. The van der Waals surface area contributed by atoms with Crippen LogP contribution in [0.4, 0.5) is 5.69 Å². The minimum Gasteiger partial charge on any atom is -0.493 e. The fraction of sp³-hybridized carbons (Fsp3) is 0.227. The van der Waals surface area contributed by atoms with Gasteiger partial charge >= 0.3 is 5.97 Å². The highest BCUT2D eigenvalue weighted by atomic mass is 16.5. The molecular weight excluding hydrogens is 386 g/mol. The molecule has 156 valence electrons. The van der Waals surface area contributed by atoms with Crippen LogP contribution >= 0.6 is 0 Å². The molecule has 0 saturated carbocycles. The standard InChI is InChI=1S/C22H23N3O5/c1-14(15-8-9-19(28-2)20(11-15)29-3)25-21(26)17(12-23)13-24-18-7-5-6-16(10-18)22(27)30-4/h5-11,13-14,24H,1-4H3,(H,25,26)/b17-13-. The van der Waals surface area contributed by atoms with Gasteiger partial charge < -0.3 is 24.8 Å². The van der Waals surface area contributed by atoms with E-state index in [1.165, 1.54) is 20.4 Å². The molecule has 8 nitrogen and oxygen atoms in total. The molecule has 1 unspecified atom stereocenters. The number of anilines is 1. The quantitative estimate of drug-likeness (QED) is 0.391. The number of esters is 1. The van der Waals surface area contributed by atoms with Crippen LogP contribution < -0.4 is 20.1 Å². The molecule has 30 heavy (non-hydrogen) atoms. The van der Waals surface area contributed by atoms with Gasteiger partial charge in [0.2, 0.25) is 0 Å². The minimum atomic E-state index is -0.545. The highest BCUT2D eigenvalue weighted by Crippen LogP contribution is 2.29. The number of nitriles is 1. The average molecular weight is 409 g/mol. The molecule has 0 aliphatic carbocycles. The normalized spacial score (nSPS) is 11.6. The number of hydrogen-bond acceptors (Lipinski definition) is 7. The van der Waals surface area contributed by atoms with Crippen molar-refractivity contribution in [1.29, 1.82) is 5.26 Å². The zero-order chi connectivity index (χ0) is 22.1. The topological polar surface area (TPSA) is 110 Å². The third-order valence-electron chi connectivity index (χ3n) is 4.29. The maximum absolute atomic E-state index is 12.5. The van der Waals surface area contributed by atoms with Crippen molar-refractivity contribution in [2.45, 2.75) is 13.0 Å². The van der Waals surface area contributed by atoms with Gasteiger partial charge in [0.1, 0.15) is 11.6 Å². The second-order valence-corrected chi connectivity index (χ2v) is 6.20. The van der Waals surface area contributed by atoms with Crippen LogP contribution in [0.15, 0.2) is 54.2 Å². The largest absolute Gasteiger partial charge is 0.493 e. The lowest BCUT2D eigenvalue weighted by atomic mass is 10.1. The average Bonchev–Trinajstić information content (AvgIpc) is 2.78. The number of ether oxygens (including phenoxy) is 3. The Bertz CT molecular complexity index is 995. The highest BCUT2D eigenvalue weighted by molar-refractivity contribution is 5.98. The van der Waals surface area contributed by atoms with E-state index in [9.17, 15) is 14.9 Å². The van der Waals surface area contributed by atoms with Gasteiger partial charge in [-0.25, -0.2) is 4.79 Å². The molecule has 1 amide bonds. The van der Waals surface area contributed by atoms with E-state index in [-0.39, 0.29) is 11.6 Å². The van der Waals surface area contributed by atoms with Crippen molar-refractivity contribution in [3.05, 3.63) is 65.4 Å². The number of carbonyl (C=O) groups excluding carboxylic acids is 2. The molecule has 0 radical (unpaired) electrons. The van der Waals surface area contributed by atoms with E-state index >= 15 is 0 Å². The van der Waals surface area contributed by atoms with Crippen LogP contribution in [0.5, 0.6) is 11.5 Å². The number of carbonyl (C=O) groups is 2. The summed E-state index contributed by atoms with van der Waals surface area (Å²) in [5, 5.41) is 15.0. The van der Waals surface area contributed by atoms with E-state index in [0.29, 0.717) is 22.7 Å². The number of rotatable bonds is 8. The molecule has 0 bridgehead atoms. The summed E-state index contributed by atoms with van der Waals surface area (Å²) in [5.74, 6) is 0.0936. The number of nitrogens with one attached hydrogen (secondary N) is 2. The van der Waals surface area contributed by atoms with Crippen molar-refractivity contribution in [3.8, 4) is 17.6 Å². The lowest BCUT2D eigenvalue weighted by molar-refractivity contribution is -0.117. The molecule has 0 aliphatic rings. The zero-order valence-corrected chi connectivity index (χ0v) is 17.2. The summed E-state index contributed by atoms with van der Waals surface area (Å²) < 4.78 is 15.2. The molecule has 2 N–H and O–H groups in total. The minimum absolute atomic E-state index is 0.120. The van der Waals surface area contributed by atoms with Crippen LogP contribution in [0.2, 0.25) is 0 Å². The maximum atomic E-state index is 12.5. The second-order valence-electron chi connectivity index (χ2n) is 6.20. The van der Waals surface area contributed by atoms with Crippen molar-refractivity contribution in [2.24, 2.45) is 0 Å². The molecule has 8 heteroatoms. The van der Waals surface area contributed by atoms with E-state index in [2.05, 4.69) is 15.4 Å². The van der Waals surface area contributed by atoms with Crippen LogP contribution in [0.1, 0.15) is 28.9 Å². The Morgan fingerprint density at radius 2 is 1.80 bits per heavy atom. The van der Waals surface area contributed by atoms with Gasteiger partial charge in [-0.1, -0.05) is 12.1 Å². The lowest BCUT2D eigenvalue weighted by Crippen LogP contribution is -2.28. The highest BCUT2D eigenvalue weighted by Gasteiger charge is 2.16. The monoisotopic (exact) mass is 409 g/mol. The summed E-state index contributed by atoms with van der Waals surface area (Å²) in [7, 11) is 4.36. The number of nitrogens with zero attached hydrogens (tertiary/aromatic N) is 1. The Labute approximate surface area is 175 Å². The Balaban J connectivity index is 2.11. The molecule has 2 rings (SSSR count). The smallest absolute Gasteiger partial charge is 0.337 e. The van der Waals surface area contributed by atoms with Gasteiger partial charge in [-0.3, -0.25) is 4.79 Å². The van der Waals surface area contributed by atoms with E-state index in [0.717, 1.165) is 5.56 Å². The van der Waals surface area contributed by atoms with Gasteiger partial charge in [0.05, 0.1) is 32.9 Å². The number of hydrogen-bond donors (Lipinski definition) is 2. The third kappa shape index (κ3) is 5.52. The summed E-state index contributed by atoms with van der Waals surface area (Å²) in [5.41, 5.74) is 1.55. The van der Waals surface area contributed by atoms with Gasteiger partial charge in [0.25, 0.3) is 5.91 Å². The second kappa shape index (κ2) is 10.5. The molecular formula is C22H23N3O5. The van der Waals surface area contributed by atoms with E-state index in [1.807, 2.05) is 6.07 Å². The van der Waals surface area contributed by atoms with Gasteiger partial charge in [0.15, 0.2) is 11.5 Å². The first-order chi connectivity index (χ1) is 14.4. The number of amides is 1. The summed E-state index contributed by atoms with van der Waals surface area (Å²) in [6, 6.07) is 13.3. The fourth-order valence-electron chi connectivity index (χ4n) is 2.64. The van der Waals surface area contributed by atoms with Gasteiger partial charge in [0, 0.05) is 11.9 Å². The van der Waals surface area contributed by atoms with Crippen molar-refractivity contribution in [1.82, 2.24) is 5.32 Å². The van der Waals surface area contributed by atoms with Crippen LogP contribution in [-0.2, 0) is 9.53 Å². The van der Waals surface area contributed by atoms with Crippen molar-refractivity contribution in [2.75, 3.05) is 26.6 Å². The van der Waals surface area contributed by atoms with Crippen molar-refractivity contribution in [3.63, 3.8) is 0 Å². The first-order valence-electron chi connectivity index (χ1n) is 9.01. The molecule has 0 aromatic heterocycles. The summed E-state index contributed by atoms with van der Waals surface area (Å²) in [4.78, 5) is 24.1. The van der Waals surface area contributed by atoms with Crippen molar-refractivity contribution < 1.29 is 23.8 Å². The Hall–Kier alpha value is -3.99. The Morgan fingerprint density at radius 3 is 2.43 bits per heavy atom. The van der Waals surface area contributed by atoms with E-state index in [4.69, 9.17) is 9.47 Å². The molecule has 1 atom stereocenters. The number of benzene rings is 2. The van der Waals surface area contributed by atoms with E-state index < -0.39 is 11.9 Å². The number of methoxy groups -OCH3 is 3. The maximum Gasteiger partial charge on any atom is 0.337 e. The van der Waals surface area contributed by atoms with Crippen LogP contribution in [0.25, 0.3) is 0 Å². The van der Waals surface area contributed by atoms with Crippen LogP contribution in [-0.4, -0.2) is 33.2 Å². The Morgan fingerprint density at radius 1 is 1.07 bits per heavy atom. The van der Waals surface area contributed by atoms with Gasteiger partial charge in [-0.15, -0.1) is 0 Å². The molecule has 0 aliphatic heterocycles. The van der Waals surface area contributed by atoms with Crippen LogP contribution in [0, 0.1) is 11.3 Å². The Kier molecular flexibility index (Phi) is 7.82. The first-order valence-corrected chi connectivity index (χ1v) is 9.01. The molecule has 0 saturated heterocycles. The summed E-state index contributed by atoms with van der Waals surface area (Å²) in [6.45, 7) is 1.79. The molecule has 2 aromatic rings. The molecule has 2 aromatic carbocycles. The SMILES string of the molecule is COC(=O)c1cccc(N/C=C(/C#N)C(=O)NC(C)c2ccc(OC)c(OC)c2)c1. The van der Waals surface area contributed by atoms with Gasteiger partial charge in [-0.2, -0.15) is 5.26 Å². The fourth-order valence-corrected chi connectivity index (χ4v) is 2.64. The van der Waals surface area contributed by atoms with E-state index in [1.54, 1.807) is 56.5 Å². The summed E-state index contributed by atoms with van der Waals surface area (Å²) >= 11 is 0. The van der Waals surface area contributed by atoms with Crippen LogP contribution in [0.3, 0.4) is 0 Å². The van der Waals surface area contributed by atoms with Gasteiger partial charge in [-0.05, 0) is 42.8 Å². The van der Waals surface area contributed by atoms with Crippen molar-refractivity contribution >= 4 is 17.6 Å².